The SMILES string of the molecule is COc1ccc(COC(=O)[C@@H](Cc2ccccc2OCc2ccnc(-c3ccccc3OC)n2)Oc2ncnc3sc(-c4ccc(F)cc4)c(-c4c(C)c(Cl)c(OCCN5CCN(C)CC5)c(Cl)c4C)c23)cc1. The van der Waals surface area contributed by atoms with E-state index in [-0.39, 0.29) is 31.3 Å². The number of esters is 1. The number of ether oxygens (including phenoxy) is 6. The van der Waals surface area contributed by atoms with Gasteiger partial charge in [-0.05, 0) is 103 Å². The third kappa shape index (κ3) is 11.7. The molecule has 3 aromatic heterocycles. The fourth-order valence-electron chi connectivity index (χ4n) is 8.70. The number of carbonyl (C=O) groups excluding carboxylic acids is 1. The lowest BCUT2D eigenvalue weighted by atomic mass is 9.92. The van der Waals surface area contributed by atoms with Gasteiger partial charge in [-0.25, -0.2) is 29.1 Å². The van der Waals surface area contributed by atoms with Gasteiger partial charge >= 0.3 is 5.97 Å². The molecule has 4 heterocycles. The summed E-state index contributed by atoms with van der Waals surface area (Å²) in [5.74, 6) is 1.76. The number of likely N-dealkylation sites (N-methyl/N-ethyl adjacent to an activating group) is 1. The van der Waals surface area contributed by atoms with E-state index in [2.05, 4.69) is 21.8 Å². The van der Waals surface area contributed by atoms with Crippen LogP contribution in [0, 0.1) is 19.7 Å². The second-order valence-corrected chi connectivity index (χ2v) is 19.2. The zero-order valence-electron chi connectivity index (χ0n) is 41.0. The molecule has 5 aromatic carbocycles. The molecule has 13 nitrogen and oxygen atoms in total. The van der Waals surface area contributed by atoms with E-state index in [9.17, 15) is 9.18 Å². The fourth-order valence-corrected chi connectivity index (χ4v) is 10.4. The van der Waals surface area contributed by atoms with Crippen molar-refractivity contribution in [3.63, 3.8) is 0 Å². The van der Waals surface area contributed by atoms with Crippen LogP contribution in [0.4, 0.5) is 4.39 Å². The van der Waals surface area contributed by atoms with Crippen molar-refractivity contribution in [1.82, 2.24) is 29.7 Å². The number of para-hydroxylation sites is 2. The van der Waals surface area contributed by atoms with Crippen molar-refractivity contribution in [3.05, 3.63) is 159 Å². The summed E-state index contributed by atoms with van der Waals surface area (Å²) in [4.78, 5) is 39.2. The number of halogens is 3. The number of benzene rings is 5. The quantitative estimate of drug-likeness (QED) is 0.0713. The summed E-state index contributed by atoms with van der Waals surface area (Å²) < 4.78 is 51.1. The van der Waals surface area contributed by atoms with E-state index >= 15 is 0 Å². The van der Waals surface area contributed by atoms with Crippen LogP contribution in [0.25, 0.3) is 43.2 Å². The van der Waals surface area contributed by atoms with E-state index < -0.39 is 12.1 Å². The number of nitrogens with zero attached hydrogens (tertiary/aromatic N) is 6. The van der Waals surface area contributed by atoms with Gasteiger partial charge in [-0.3, -0.25) is 4.90 Å². The number of methoxy groups -OCH3 is 2. The topological polar surface area (TPSA) is 130 Å². The monoisotopic (exact) mass is 1040 g/mol. The van der Waals surface area contributed by atoms with E-state index in [4.69, 9.17) is 66.6 Å². The van der Waals surface area contributed by atoms with Gasteiger partial charge in [0.2, 0.25) is 12.0 Å². The molecule has 376 valence electrons. The van der Waals surface area contributed by atoms with E-state index in [0.29, 0.717) is 94.8 Å². The molecule has 0 aliphatic carbocycles. The molecule has 8 aromatic rings. The molecule has 1 aliphatic heterocycles. The molecule has 73 heavy (non-hydrogen) atoms. The average molecular weight is 1040 g/mol. The van der Waals surface area contributed by atoms with Crippen molar-refractivity contribution in [2.45, 2.75) is 39.6 Å². The summed E-state index contributed by atoms with van der Waals surface area (Å²) in [6.45, 7) is 8.85. The van der Waals surface area contributed by atoms with Gasteiger partial charge in [0.25, 0.3) is 0 Å². The smallest absolute Gasteiger partial charge is 0.348 e. The lowest BCUT2D eigenvalue weighted by molar-refractivity contribution is -0.153. The number of thiophene rings is 1. The number of aromatic nitrogens is 4. The Bertz CT molecular complexity index is 3200. The van der Waals surface area contributed by atoms with Crippen LogP contribution in [0.5, 0.6) is 28.9 Å². The van der Waals surface area contributed by atoms with E-state index in [1.165, 1.54) is 29.8 Å². The lowest BCUT2D eigenvalue weighted by Gasteiger charge is -2.32. The minimum absolute atomic E-state index is 0.0134. The molecule has 0 saturated carbocycles. The molecule has 9 rings (SSSR count). The summed E-state index contributed by atoms with van der Waals surface area (Å²) in [7, 11) is 5.31. The van der Waals surface area contributed by atoms with Gasteiger partial charge in [0.1, 0.15) is 54.0 Å². The number of rotatable bonds is 19. The molecule has 1 aliphatic rings. The molecule has 0 bridgehead atoms. The summed E-state index contributed by atoms with van der Waals surface area (Å²) >= 11 is 15.9. The van der Waals surface area contributed by atoms with Crippen LogP contribution in [0.15, 0.2) is 116 Å². The maximum atomic E-state index is 14.6. The predicted octanol–water partition coefficient (Wildman–Crippen LogP) is 11.5. The van der Waals surface area contributed by atoms with Crippen molar-refractivity contribution < 1.29 is 37.6 Å². The zero-order chi connectivity index (χ0) is 51.0. The van der Waals surface area contributed by atoms with Gasteiger partial charge in [0.15, 0.2) is 11.6 Å². The molecular weight excluding hydrogens is 991 g/mol. The highest BCUT2D eigenvalue weighted by atomic mass is 35.5. The number of hydrogen-bond donors (Lipinski definition) is 0. The average Bonchev–Trinajstić information content (AvgIpc) is 3.81. The van der Waals surface area contributed by atoms with Crippen LogP contribution in [0.3, 0.4) is 0 Å². The van der Waals surface area contributed by atoms with Crippen molar-refractivity contribution in [2.24, 2.45) is 0 Å². The number of piperazine rings is 1. The molecular formula is C56H53Cl2FN6O7S. The maximum absolute atomic E-state index is 14.6. The predicted molar refractivity (Wildman–Crippen MR) is 283 cm³/mol. The Morgan fingerprint density at radius 1 is 0.781 bits per heavy atom. The van der Waals surface area contributed by atoms with Gasteiger partial charge in [0.05, 0.1) is 40.9 Å². The Labute approximate surface area is 437 Å². The molecule has 17 heteroatoms. The Morgan fingerprint density at radius 2 is 1.49 bits per heavy atom. The van der Waals surface area contributed by atoms with Gasteiger partial charge in [-0.2, -0.15) is 0 Å². The first-order valence-electron chi connectivity index (χ1n) is 23.7. The Hall–Kier alpha value is -6.88. The van der Waals surface area contributed by atoms with Gasteiger partial charge in [-0.15, -0.1) is 11.3 Å². The first-order chi connectivity index (χ1) is 35.5. The molecule has 1 saturated heterocycles. The third-order valence-electron chi connectivity index (χ3n) is 12.7. The minimum Gasteiger partial charge on any atom is -0.497 e. The highest BCUT2D eigenvalue weighted by molar-refractivity contribution is 7.22. The van der Waals surface area contributed by atoms with Crippen molar-refractivity contribution in [1.29, 1.82) is 0 Å². The highest BCUT2D eigenvalue weighted by Gasteiger charge is 2.31. The first kappa shape index (κ1) is 51.0. The van der Waals surface area contributed by atoms with E-state index in [0.717, 1.165) is 48.7 Å². The maximum Gasteiger partial charge on any atom is 0.348 e. The Balaban J connectivity index is 1.08. The van der Waals surface area contributed by atoms with Crippen LogP contribution < -0.4 is 23.7 Å². The molecule has 1 atom stereocenters. The molecule has 0 radical (unpaired) electrons. The summed E-state index contributed by atoms with van der Waals surface area (Å²) in [5.41, 5.74) is 6.21. The van der Waals surface area contributed by atoms with E-state index in [1.54, 1.807) is 50.7 Å². The zero-order valence-corrected chi connectivity index (χ0v) is 43.3. The summed E-state index contributed by atoms with van der Waals surface area (Å²) in [6, 6.07) is 30.2. The third-order valence-corrected chi connectivity index (χ3v) is 14.8. The number of fused-ring (bicyclic) bond motifs is 1. The Kier molecular flexibility index (Phi) is 16.3. The van der Waals surface area contributed by atoms with Crippen LogP contribution in [0.1, 0.15) is 27.9 Å². The van der Waals surface area contributed by atoms with Crippen molar-refractivity contribution in [3.8, 4) is 61.8 Å². The highest BCUT2D eigenvalue weighted by Crippen LogP contribution is 2.53. The van der Waals surface area contributed by atoms with E-state index in [1.807, 2.05) is 74.5 Å². The lowest BCUT2D eigenvalue weighted by Crippen LogP contribution is -2.45. The second kappa shape index (κ2) is 23.3. The van der Waals surface area contributed by atoms with Crippen molar-refractivity contribution in [2.75, 3.05) is 60.6 Å². The number of hydrogen-bond acceptors (Lipinski definition) is 14. The minimum atomic E-state index is -1.26. The molecule has 0 unspecified atom stereocenters. The summed E-state index contributed by atoms with van der Waals surface area (Å²) in [5, 5.41) is 1.20. The number of carbonyl (C=O) groups is 1. The largest absolute Gasteiger partial charge is 0.497 e. The molecule has 0 amide bonds. The van der Waals surface area contributed by atoms with Crippen molar-refractivity contribution >= 4 is 50.7 Å². The Morgan fingerprint density at radius 3 is 2.22 bits per heavy atom. The molecule has 0 spiro atoms. The standard InChI is InChI=1S/C56H53Cl2FN6O7S/c1-34-46(35(2)50(58)51(49(34)57)69-29-28-65-26-24-64(3)25-27-65)47-48-54(61-33-62-55(48)73-52(47)37-16-18-39(59)19-17-37)72-45(56(66)71-31-36-14-20-41(67-4)21-15-36)30-38-10-6-8-12-43(38)70-32-40-22-23-60-53(63-40)42-11-7-9-13-44(42)68-5/h6-23,33,45H,24-32H2,1-5H3/t45-/m1/s1. The fraction of sp³-hybridized carbons (Fsp3) is 0.268. The van der Waals surface area contributed by atoms with Crippen LogP contribution >= 0.6 is 34.5 Å². The first-order valence-corrected chi connectivity index (χ1v) is 25.2. The van der Waals surface area contributed by atoms with Crippen LogP contribution in [-0.4, -0.2) is 102 Å². The molecule has 1 fully saturated rings. The van der Waals surface area contributed by atoms with Gasteiger partial charge in [-0.1, -0.05) is 77.8 Å². The van der Waals surface area contributed by atoms with Gasteiger partial charge in [0, 0.05) is 55.8 Å². The second-order valence-electron chi connectivity index (χ2n) is 17.5. The summed E-state index contributed by atoms with van der Waals surface area (Å²) in [6.07, 6.45) is 1.82. The van der Waals surface area contributed by atoms with Crippen LogP contribution in [-0.2, 0) is 29.2 Å². The molecule has 0 N–H and O–H groups in total. The normalized spacial score (nSPS) is 13.4. The van der Waals surface area contributed by atoms with Gasteiger partial charge < -0.3 is 33.3 Å². The van der Waals surface area contributed by atoms with Crippen LogP contribution in [0.2, 0.25) is 10.0 Å².